The van der Waals surface area contributed by atoms with E-state index in [4.69, 9.17) is 28.9 Å². The number of aromatic nitrogens is 2. The smallest absolute Gasteiger partial charge is 0.127 e. The number of nitrogens with zero attached hydrogens (tertiary/aromatic N) is 1. The van der Waals surface area contributed by atoms with Crippen molar-refractivity contribution < 1.29 is 0 Å². The van der Waals surface area contributed by atoms with Gasteiger partial charge in [0.1, 0.15) is 5.82 Å². The molecule has 1 atom stereocenters. The Kier molecular flexibility index (Phi) is 2.95. The van der Waals surface area contributed by atoms with Crippen LogP contribution in [-0.4, -0.2) is 9.97 Å². The van der Waals surface area contributed by atoms with Crippen molar-refractivity contribution in [2.24, 2.45) is 5.73 Å². The number of rotatable bonds is 2. The molecule has 0 aliphatic rings. The van der Waals surface area contributed by atoms with Gasteiger partial charge in [-0.05, 0) is 17.7 Å². The molecule has 0 radical (unpaired) electrons. The maximum atomic E-state index is 5.98. The molecule has 0 fully saturated rings. The maximum absolute atomic E-state index is 5.98. The number of benzene rings is 1. The zero-order valence-corrected chi connectivity index (χ0v) is 9.26. The highest BCUT2D eigenvalue weighted by Crippen LogP contribution is 2.26. The molecule has 0 saturated carbocycles. The summed E-state index contributed by atoms with van der Waals surface area (Å²) in [7, 11) is 0. The number of hydrogen-bond donors (Lipinski definition) is 2. The second-order valence-corrected chi connectivity index (χ2v) is 3.94. The van der Waals surface area contributed by atoms with Gasteiger partial charge in [-0.3, -0.25) is 0 Å². The lowest BCUT2D eigenvalue weighted by Gasteiger charge is -2.09. The summed E-state index contributed by atoms with van der Waals surface area (Å²) in [6.45, 7) is 0. The van der Waals surface area contributed by atoms with Crippen molar-refractivity contribution in [3.63, 3.8) is 0 Å². The average Bonchev–Trinajstić information content (AvgIpc) is 2.74. The Labute approximate surface area is 97.2 Å². The predicted octanol–water partition coefficient (Wildman–Crippen LogP) is 2.76. The minimum Gasteiger partial charge on any atom is -0.347 e. The van der Waals surface area contributed by atoms with Crippen LogP contribution in [0.25, 0.3) is 0 Å². The van der Waals surface area contributed by atoms with Crippen LogP contribution < -0.4 is 5.73 Å². The second-order valence-electron chi connectivity index (χ2n) is 3.13. The van der Waals surface area contributed by atoms with Crippen LogP contribution >= 0.6 is 23.2 Å². The number of H-pyrrole nitrogens is 1. The van der Waals surface area contributed by atoms with E-state index in [1.807, 2.05) is 6.07 Å². The molecule has 1 aromatic carbocycles. The Morgan fingerprint density at radius 3 is 2.67 bits per heavy atom. The van der Waals surface area contributed by atoms with E-state index in [9.17, 15) is 0 Å². The average molecular weight is 242 g/mol. The zero-order valence-electron chi connectivity index (χ0n) is 7.74. The van der Waals surface area contributed by atoms with Crippen molar-refractivity contribution in [2.75, 3.05) is 0 Å². The van der Waals surface area contributed by atoms with E-state index in [0.29, 0.717) is 15.9 Å². The molecule has 1 heterocycles. The van der Waals surface area contributed by atoms with Crippen molar-refractivity contribution in [1.29, 1.82) is 0 Å². The molecule has 0 spiro atoms. The fraction of sp³-hybridized carbons (Fsp3) is 0.100. The van der Waals surface area contributed by atoms with E-state index in [1.54, 1.807) is 24.5 Å². The third-order valence-electron chi connectivity index (χ3n) is 2.12. The van der Waals surface area contributed by atoms with Gasteiger partial charge in [-0.15, -0.1) is 0 Å². The number of hydrogen-bond acceptors (Lipinski definition) is 2. The molecule has 0 bridgehead atoms. The van der Waals surface area contributed by atoms with Crippen molar-refractivity contribution in [1.82, 2.24) is 9.97 Å². The predicted molar refractivity (Wildman–Crippen MR) is 61.1 cm³/mol. The zero-order chi connectivity index (χ0) is 10.8. The fourth-order valence-corrected chi connectivity index (χ4v) is 1.62. The number of nitrogens with two attached hydrogens (primary N) is 1. The Balaban J connectivity index is 2.34. The van der Waals surface area contributed by atoms with Crippen LogP contribution in [-0.2, 0) is 0 Å². The molecule has 0 saturated heterocycles. The first-order valence-electron chi connectivity index (χ1n) is 4.38. The third-order valence-corrected chi connectivity index (χ3v) is 2.86. The molecule has 3 N–H and O–H groups in total. The summed E-state index contributed by atoms with van der Waals surface area (Å²) in [4.78, 5) is 7.05. The van der Waals surface area contributed by atoms with Gasteiger partial charge >= 0.3 is 0 Å². The summed E-state index contributed by atoms with van der Waals surface area (Å²) in [6, 6.07) is 5.00. The summed E-state index contributed by atoms with van der Waals surface area (Å²) >= 11 is 11.7. The summed E-state index contributed by atoms with van der Waals surface area (Å²) in [5.74, 6) is 0.702. The van der Waals surface area contributed by atoms with Crippen molar-refractivity contribution in [2.45, 2.75) is 6.04 Å². The monoisotopic (exact) mass is 241 g/mol. The van der Waals surface area contributed by atoms with Crippen LogP contribution in [0.1, 0.15) is 17.4 Å². The third kappa shape index (κ3) is 2.15. The van der Waals surface area contributed by atoms with Crippen LogP contribution in [0.5, 0.6) is 0 Å². The van der Waals surface area contributed by atoms with Crippen LogP contribution in [0, 0.1) is 0 Å². The fourth-order valence-electron chi connectivity index (χ4n) is 1.31. The number of nitrogens with one attached hydrogen (secondary N) is 1. The second kappa shape index (κ2) is 4.23. The highest BCUT2D eigenvalue weighted by molar-refractivity contribution is 6.42. The first-order chi connectivity index (χ1) is 7.18. The normalized spacial score (nSPS) is 12.7. The maximum Gasteiger partial charge on any atom is 0.127 e. The molecular weight excluding hydrogens is 233 g/mol. The molecule has 1 aromatic heterocycles. The van der Waals surface area contributed by atoms with Crippen LogP contribution in [0.2, 0.25) is 10.0 Å². The van der Waals surface area contributed by atoms with E-state index in [2.05, 4.69) is 9.97 Å². The standard InChI is InChI=1S/C10H9Cl2N3/c11-7-2-1-6(5-8(7)12)9(13)10-14-3-4-15-10/h1-5,9H,13H2,(H,14,15). The Morgan fingerprint density at radius 2 is 2.07 bits per heavy atom. The van der Waals surface area contributed by atoms with Crippen molar-refractivity contribution in [3.05, 3.63) is 52.0 Å². The summed E-state index contributed by atoms with van der Waals surface area (Å²) < 4.78 is 0. The number of aromatic amines is 1. The van der Waals surface area contributed by atoms with Gasteiger partial charge in [-0.25, -0.2) is 4.98 Å². The van der Waals surface area contributed by atoms with Gasteiger partial charge in [0.15, 0.2) is 0 Å². The van der Waals surface area contributed by atoms with Gasteiger partial charge in [0.25, 0.3) is 0 Å². The summed E-state index contributed by atoms with van der Waals surface area (Å²) in [6.07, 6.45) is 3.39. The highest BCUT2D eigenvalue weighted by Gasteiger charge is 2.12. The molecule has 3 nitrogen and oxygen atoms in total. The minimum absolute atomic E-state index is 0.310. The van der Waals surface area contributed by atoms with Crippen LogP contribution in [0.3, 0.4) is 0 Å². The molecule has 2 rings (SSSR count). The van der Waals surface area contributed by atoms with Gasteiger partial charge in [-0.2, -0.15) is 0 Å². The molecular formula is C10H9Cl2N3. The Bertz CT molecular complexity index is 454. The van der Waals surface area contributed by atoms with Gasteiger partial charge in [-0.1, -0.05) is 29.3 Å². The van der Waals surface area contributed by atoms with Gasteiger partial charge < -0.3 is 10.7 Å². The molecule has 78 valence electrons. The first-order valence-corrected chi connectivity index (χ1v) is 5.14. The minimum atomic E-state index is -0.310. The molecule has 0 aliphatic carbocycles. The van der Waals surface area contributed by atoms with Crippen molar-refractivity contribution >= 4 is 23.2 Å². The summed E-state index contributed by atoms with van der Waals surface area (Å²) in [5.41, 5.74) is 6.86. The number of imidazole rings is 1. The summed E-state index contributed by atoms with van der Waals surface area (Å²) in [5, 5.41) is 1.02. The molecule has 0 aliphatic heterocycles. The topological polar surface area (TPSA) is 54.7 Å². The Hall–Kier alpha value is -1.03. The quantitative estimate of drug-likeness (QED) is 0.850. The Morgan fingerprint density at radius 1 is 1.27 bits per heavy atom. The lowest BCUT2D eigenvalue weighted by molar-refractivity contribution is 0.801. The van der Waals surface area contributed by atoms with Gasteiger partial charge in [0, 0.05) is 12.4 Å². The molecule has 15 heavy (non-hydrogen) atoms. The highest BCUT2D eigenvalue weighted by atomic mass is 35.5. The largest absolute Gasteiger partial charge is 0.347 e. The van der Waals surface area contributed by atoms with E-state index in [-0.39, 0.29) is 6.04 Å². The van der Waals surface area contributed by atoms with Gasteiger partial charge in [0.05, 0.1) is 16.1 Å². The SMILES string of the molecule is NC(c1ccc(Cl)c(Cl)c1)c1ncc[nH]1. The van der Waals surface area contributed by atoms with Crippen LogP contribution in [0.15, 0.2) is 30.6 Å². The van der Waals surface area contributed by atoms with E-state index >= 15 is 0 Å². The van der Waals surface area contributed by atoms with Gasteiger partial charge in [0.2, 0.25) is 0 Å². The first kappa shape index (κ1) is 10.5. The molecule has 2 aromatic rings. The molecule has 0 amide bonds. The molecule has 5 heteroatoms. The van der Waals surface area contributed by atoms with E-state index in [0.717, 1.165) is 5.56 Å². The van der Waals surface area contributed by atoms with E-state index in [1.165, 1.54) is 0 Å². The lowest BCUT2D eigenvalue weighted by atomic mass is 10.1. The van der Waals surface area contributed by atoms with E-state index < -0.39 is 0 Å². The lowest BCUT2D eigenvalue weighted by Crippen LogP contribution is -2.13. The van der Waals surface area contributed by atoms with Crippen molar-refractivity contribution in [3.8, 4) is 0 Å². The van der Waals surface area contributed by atoms with Crippen LogP contribution in [0.4, 0.5) is 0 Å². The molecule has 1 unspecified atom stereocenters. The number of halogens is 2.